The van der Waals surface area contributed by atoms with E-state index < -0.39 is 0 Å². The lowest BCUT2D eigenvalue weighted by Crippen LogP contribution is -2.63. The molecule has 2 atom stereocenters. The maximum absolute atomic E-state index is 3.67. The van der Waals surface area contributed by atoms with Gasteiger partial charge in [0, 0.05) is 37.0 Å². The first-order valence-corrected chi connectivity index (χ1v) is 7.53. The highest BCUT2D eigenvalue weighted by molar-refractivity contribution is 7.98. The minimum Gasteiger partial charge on any atom is -0.311 e. The molecule has 1 saturated heterocycles. The van der Waals surface area contributed by atoms with E-state index in [9.17, 15) is 0 Å². The third-order valence-corrected chi connectivity index (χ3v) is 4.39. The van der Waals surface area contributed by atoms with E-state index >= 15 is 0 Å². The minimum atomic E-state index is 0.376. The van der Waals surface area contributed by atoms with E-state index in [1.807, 2.05) is 11.8 Å². The molecule has 0 spiro atoms. The van der Waals surface area contributed by atoms with E-state index in [1.165, 1.54) is 31.7 Å². The molecule has 15 heavy (non-hydrogen) atoms. The monoisotopic (exact) mass is 230 g/mol. The zero-order valence-corrected chi connectivity index (χ0v) is 11.5. The summed E-state index contributed by atoms with van der Waals surface area (Å²) in [5.41, 5.74) is 0.376. The zero-order valence-electron chi connectivity index (χ0n) is 10.7. The molecule has 2 unspecified atom stereocenters. The van der Waals surface area contributed by atoms with Gasteiger partial charge in [-0.25, -0.2) is 0 Å². The summed E-state index contributed by atoms with van der Waals surface area (Å²) in [4.78, 5) is 2.69. The predicted octanol–water partition coefficient (Wildman–Crippen LogP) is 2.20. The van der Waals surface area contributed by atoms with Crippen LogP contribution in [0.2, 0.25) is 0 Å². The Labute approximate surface area is 99.2 Å². The van der Waals surface area contributed by atoms with Gasteiger partial charge in [0.2, 0.25) is 0 Å². The summed E-state index contributed by atoms with van der Waals surface area (Å²) in [5.74, 6) is 1.26. The number of hydrogen-bond donors (Lipinski definition) is 1. The molecule has 1 N–H and O–H groups in total. The van der Waals surface area contributed by atoms with Crippen molar-refractivity contribution in [2.75, 3.05) is 31.6 Å². The molecular formula is C12H26N2S. The van der Waals surface area contributed by atoms with Crippen molar-refractivity contribution in [1.82, 2.24) is 10.2 Å². The summed E-state index contributed by atoms with van der Waals surface area (Å²) in [6.45, 7) is 10.6. The van der Waals surface area contributed by atoms with Gasteiger partial charge in [0.1, 0.15) is 0 Å². The molecule has 0 radical (unpaired) electrons. The fourth-order valence-electron chi connectivity index (χ4n) is 2.21. The van der Waals surface area contributed by atoms with Crippen LogP contribution in [0.15, 0.2) is 0 Å². The summed E-state index contributed by atoms with van der Waals surface area (Å²) in [5, 5.41) is 3.67. The highest BCUT2D eigenvalue weighted by Crippen LogP contribution is 2.23. The Balaban J connectivity index is 2.56. The fraction of sp³-hybridized carbons (Fsp3) is 1.00. The molecule has 1 aliphatic heterocycles. The Bertz CT molecular complexity index is 186. The molecule has 3 heteroatoms. The Hall–Kier alpha value is 0.270. The third kappa shape index (κ3) is 3.36. The van der Waals surface area contributed by atoms with Crippen molar-refractivity contribution in [3.8, 4) is 0 Å². The molecule has 0 bridgehead atoms. The Morgan fingerprint density at radius 2 is 2.20 bits per heavy atom. The van der Waals surface area contributed by atoms with Gasteiger partial charge < -0.3 is 5.32 Å². The molecular weight excluding hydrogens is 204 g/mol. The van der Waals surface area contributed by atoms with Gasteiger partial charge in [-0.1, -0.05) is 13.8 Å². The topological polar surface area (TPSA) is 15.3 Å². The molecule has 0 aromatic carbocycles. The van der Waals surface area contributed by atoms with Crippen LogP contribution in [-0.2, 0) is 0 Å². The van der Waals surface area contributed by atoms with Crippen LogP contribution in [-0.4, -0.2) is 48.1 Å². The zero-order chi connectivity index (χ0) is 11.3. The van der Waals surface area contributed by atoms with Crippen LogP contribution >= 0.6 is 11.8 Å². The van der Waals surface area contributed by atoms with Gasteiger partial charge in [-0.3, -0.25) is 4.90 Å². The van der Waals surface area contributed by atoms with Crippen LogP contribution in [0, 0.1) is 0 Å². The second-order valence-corrected chi connectivity index (χ2v) is 5.76. The van der Waals surface area contributed by atoms with E-state index in [2.05, 4.69) is 37.2 Å². The van der Waals surface area contributed by atoms with Gasteiger partial charge in [0.25, 0.3) is 0 Å². The second kappa shape index (κ2) is 6.12. The van der Waals surface area contributed by atoms with Crippen molar-refractivity contribution < 1.29 is 0 Å². The highest BCUT2D eigenvalue weighted by Gasteiger charge is 2.35. The second-order valence-electron chi connectivity index (χ2n) is 4.78. The van der Waals surface area contributed by atoms with Crippen LogP contribution in [0.4, 0.5) is 0 Å². The van der Waals surface area contributed by atoms with E-state index in [0.29, 0.717) is 11.6 Å². The maximum atomic E-state index is 3.67. The first-order valence-electron chi connectivity index (χ1n) is 6.13. The largest absolute Gasteiger partial charge is 0.311 e. The molecule has 90 valence electrons. The normalized spacial score (nSPS) is 33.2. The van der Waals surface area contributed by atoms with Crippen molar-refractivity contribution in [1.29, 1.82) is 0 Å². The molecule has 1 fully saturated rings. The third-order valence-electron chi connectivity index (χ3n) is 3.80. The van der Waals surface area contributed by atoms with Crippen molar-refractivity contribution in [2.45, 2.75) is 45.2 Å². The number of hydrogen-bond acceptors (Lipinski definition) is 3. The van der Waals surface area contributed by atoms with Crippen molar-refractivity contribution in [3.63, 3.8) is 0 Å². The van der Waals surface area contributed by atoms with E-state index in [4.69, 9.17) is 0 Å². The summed E-state index contributed by atoms with van der Waals surface area (Å²) in [6.07, 6.45) is 4.68. The predicted molar refractivity (Wildman–Crippen MR) is 70.7 cm³/mol. The molecule has 0 aromatic rings. The molecule has 1 rings (SSSR count). The molecule has 1 aliphatic rings. The first-order chi connectivity index (χ1) is 7.16. The van der Waals surface area contributed by atoms with Crippen molar-refractivity contribution in [2.24, 2.45) is 0 Å². The number of nitrogens with one attached hydrogen (secondary N) is 1. The van der Waals surface area contributed by atoms with Crippen LogP contribution in [0.1, 0.15) is 33.6 Å². The number of piperazine rings is 1. The minimum absolute atomic E-state index is 0.376. The Kier molecular flexibility index (Phi) is 5.44. The molecule has 0 amide bonds. The molecule has 2 nitrogen and oxygen atoms in total. The van der Waals surface area contributed by atoms with E-state index in [0.717, 1.165) is 6.54 Å². The molecule has 0 saturated carbocycles. The van der Waals surface area contributed by atoms with Gasteiger partial charge in [0.15, 0.2) is 0 Å². The fourth-order valence-corrected chi connectivity index (χ4v) is 2.61. The average molecular weight is 230 g/mol. The first kappa shape index (κ1) is 13.3. The van der Waals surface area contributed by atoms with E-state index in [-0.39, 0.29) is 0 Å². The summed E-state index contributed by atoms with van der Waals surface area (Å²) in [7, 11) is 0. The lowest BCUT2D eigenvalue weighted by atomic mass is 9.91. The maximum Gasteiger partial charge on any atom is 0.0304 e. The lowest BCUT2D eigenvalue weighted by Gasteiger charge is -2.48. The van der Waals surface area contributed by atoms with Crippen LogP contribution in [0.3, 0.4) is 0 Å². The van der Waals surface area contributed by atoms with Crippen molar-refractivity contribution >= 4 is 11.8 Å². The molecule has 1 heterocycles. The van der Waals surface area contributed by atoms with Gasteiger partial charge >= 0.3 is 0 Å². The van der Waals surface area contributed by atoms with Gasteiger partial charge in [0.05, 0.1) is 0 Å². The summed E-state index contributed by atoms with van der Waals surface area (Å²) in [6, 6.07) is 0.700. The number of thioether (sulfide) groups is 1. The average Bonchev–Trinajstić information content (AvgIpc) is 2.28. The number of nitrogens with zero attached hydrogens (tertiary/aromatic N) is 1. The van der Waals surface area contributed by atoms with Crippen LogP contribution in [0.5, 0.6) is 0 Å². The highest BCUT2D eigenvalue weighted by atomic mass is 32.2. The lowest BCUT2D eigenvalue weighted by molar-refractivity contribution is 0.0545. The Morgan fingerprint density at radius 3 is 2.73 bits per heavy atom. The number of rotatable bonds is 5. The summed E-state index contributed by atoms with van der Waals surface area (Å²) >= 11 is 1.95. The Morgan fingerprint density at radius 1 is 1.47 bits per heavy atom. The van der Waals surface area contributed by atoms with Crippen LogP contribution < -0.4 is 5.32 Å². The quantitative estimate of drug-likeness (QED) is 0.779. The van der Waals surface area contributed by atoms with E-state index in [1.54, 1.807) is 0 Å². The van der Waals surface area contributed by atoms with Crippen LogP contribution in [0.25, 0.3) is 0 Å². The SMILES string of the molecule is CCC1CN(CCSC)C(C)(CC)CN1. The smallest absolute Gasteiger partial charge is 0.0304 e. The van der Waals surface area contributed by atoms with Gasteiger partial charge in [-0.2, -0.15) is 11.8 Å². The van der Waals surface area contributed by atoms with Crippen molar-refractivity contribution in [3.05, 3.63) is 0 Å². The standard InChI is InChI=1S/C12H26N2S/c1-5-11-9-14(7-8-15-4)12(3,6-2)10-13-11/h11,13H,5-10H2,1-4H3. The van der Waals surface area contributed by atoms with Gasteiger partial charge in [-0.15, -0.1) is 0 Å². The molecule has 0 aromatic heterocycles. The van der Waals surface area contributed by atoms with Gasteiger partial charge in [-0.05, 0) is 26.0 Å². The molecule has 0 aliphatic carbocycles. The summed E-state index contributed by atoms with van der Waals surface area (Å²) < 4.78 is 0.